The van der Waals surface area contributed by atoms with Crippen LogP contribution in [0.1, 0.15) is 10.4 Å². The zero-order valence-electron chi connectivity index (χ0n) is 15.9. The molecule has 150 valence electrons. The molecule has 0 bridgehead atoms. The van der Waals surface area contributed by atoms with Crippen molar-refractivity contribution in [2.24, 2.45) is 0 Å². The highest BCUT2D eigenvalue weighted by atomic mass is 32.1. The number of anilines is 1. The molecule has 0 radical (unpaired) electrons. The zero-order valence-corrected chi connectivity index (χ0v) is 16.7. The Morgan fingerprint density at radius 1 is 1.10 bits per heavy atom. The quantitative estimate of drug-likeness (QED) is 0.498. The fourth-order valence-corrected chi connectivity index (χ4v) is 3.72. The van der Waals surface area contributed by atoms with Crippen LogP contribution in [0.4, 0.5) is 5.69 Å². The molecule has 9 heteroatoms. The summed E-state index contributed by atoms with van der Waals surface area (Å²) < 4.78 is 10.6. The molecule has 8 nitrogen and oxygen atoms in total. The molecule has 0 spiro atoms. The second-order valence-electron chi connectivity index (χ2n) is 6.37. The number of aromatic nitrogens is 3. The van der Waals surface area contributed by atoms with E-state index < -0.39 is 11.9 Å². The number of nitrogens with zero attached hydrogens (tertiary/aromatic N) is 3. The van der Waals surface area contributed by atoms with Gasteiger partial charge in [0.1, 0.15) is 22.5 Å². The summed E-state index contributed by atoms with van der Waals surface area (Å²) in [4.78, 5) is 41.0. The summed E-state index contributed by atoms with van der Waals surface area (Å²) in [5.74, 6) is -0.852. The van der Waals surface area contributed by atoms with Gasteiger partial charge in [-0.15, -0.1) is 0 Å². The number of fused-ring (bicyclic) bond motifs is 1. The summed E-state index contributed by atoms with van der Waals surface area (Å²) in [6.45, 7) is -0.195. The fraction of sp³-hybridized carbons (Fsp3) is 0.0952. The minimum Gasteiger partial charge on any atom is -0.465 e. The number of methoxy groups -OCH3 is 1. The Labute approximate surface area is 174 Å². The normalized spacial score (nSPS) is 10.7. The Kier molecular flexibility index (Phi) is 5.36. The lowest BCUT2D eigenvalue weighted by Gasteiger charge is -2.08. The van der Waals surface area contributed by atoms with Crippen LogP contribution in [0.2, 0.25) is 0 Å². The molecule has 1 amide bonds. The maximum absolute atomic E-state index is 12.8. The van der Waals surface area contributed by atoms with E-state index in [1.165, 1.54) is 18.0 Å². The van der Waals surface area contributed by atoms with E-state index in [0.717, 1.165) is 17.1 Å². The maximum atomic E-state index is 12.8. The van der Waals surface area contributed by atoms with E-state index in [1.54, 1.807) is 24.3 Å². The third-order valence-electron chi connectivity index (χ3n) is 4.40. The molecule has 30 heavy (non-hydrogen) atoms. The molecule has 0 fully saturated rings. The van der Waals surface area contributed by atoms with Crippen LogP contribution in [0.5, 0.6) is 0 Å². The summed E-state index contributed by atoms with van der Waals surface area (Å²) in [5.41, 5.74) is 2.60. The van der Waals surface area contributed by atoms with Crippen molar-refractivity contribution >= 4 is 39.3 Å². The fourth-order valence-electron chi connectivity index (χ4n) is 2.92. The molecule has 0 aliphatic carbocycles. The van der Waals surface area contributed by atoms with Crippen molar-refractivity contribution in [2.75, 3.05) is 12.4 Å². The van der Waals surface area contributed by atoms with Gasteiger partial charge in [0.2, 0.25) is 5.91 Å². The first-order chi connectivity index (χ1) is 14.6. The lowest BCUT2D eigenvalue weighted by molar-refractivity contribution is -0.116. The Bertz CT molecular complexity index is 1280. The molecule has 0 aliphatic heterocycles. The average Bonchev–Trinajstić information content (AvgIpc) is 3.21. The van der Waals surface area contributed by atoms with Gasteiger partial charge >= 0.3 is 5.97 Å². The van der Waals surface area contributed by atoms with Gasteiger partial charge in [-0.2, -0.15) is 4.37 Å². The van der Waals surface area contributed by atoms with Crippen molar-refractivity contribution in [3.8, 4) is 11.3 Å². The molecule has 1 N–H and O–H groups in total. The molecular weight excluding hydrogens is 404 g/mol. The molecule has 0 atom stereocenters. The van der Waals surface area contributed by atoms with Crippen LogP contribution in [0.15, 0.2) is 65.7 Å². The van der Waals surface area contributed by atoms with Crippen LogP contribution in [-0.2, 0) is 16.1 Å². The van der Waals surface area contributed by atoms with Crippen LogP contribution < -0.4 is 10.9 Å². The molecule has 0 saturated heterocycles. The molecule has 2 aromatic carbocycles. The van der Waals surface area contributed by atoms with Gasteiger partial charge in [-0.3, -0.25) is 14.2 Å². The molecule has 2 aromatic heterocycles. The topological polar surface area (TPSA) is 103 Å². The van der Waals surface area contributed by atoms with E-state index in [2.05, 4.69) is 19.4 Å². The first kappa shape index (κ1) is 19.5. The van der Waals surface area contributed by atoms with Gasteiger partial charge in [-0.05, 0) is 35.8 Å². The molecule has 4 rings (SSSR count). The second-order valence-corrected chi connectivity index (χ2v) is 7.14. The molecule has 0 unspecified atom stereocenters. The summed E-state index contributed by atoms with van der Waals surface area (Å²) in [7, 11) is 1.30. The molecule has 0 aliphatic rings. The van der Waals surface area contributed by atoms with Gasteiger partial charge in [0.15, 0.2) is 0 Å². The highest BCUT2D eigenvalue weighted by Crippen LogP contribution is 2.26. The van der Waals surface area contributed by atoms with E-state index >= 15 is 0 Å². The van der Waals surface area contributed by atoms with Crippen molar-refractivity contribution in [1.29, 1.82) is 0 Å². The lowest BCUT2D eigenvalue weighted by Crippen LogP contribution is -2.27. The Hall–Kier alpha value is -3.85. The molecular formula is C21H16N4O4S. The number of ether oxygens (including phenoxy) is 1. The van der Waals surface area contributed by atoms with Crippen molar-refractivity contribution in [1.82, 2.24) is 13.9 Å². The van der Waals surface area contributed by atoms with Gasteiger partial charge in [-0.25, -0.2) is 9.78 Å². The summed E-state index contributed by atoms with van der Waals surface area (Å²) >= 11 is 1.07. The van der Waals surface area contributed by atoms with E-state index in [9.17, 15) is 14.4 Å². The average molecular weight is 420 g/mol. The van der Waals surface area contributed by atoms with Crippen molar-refractivity contribution in [3.05, 3.63) is 76.8 Å². The third kappa shape index (κ3) is 3.83. The second kappa shape index (κ2) is 8.26. The predicted molar refractivity (Wildman–Crippen MR) is 114 cm³/mol. The van der Waals surface area contributed by atoms with E-state index in [4.69, 9.17) is 0 Å². The summed E-state index contributed by atoms with van der Waals surface area (Å²) in [6.07, 6.45) is 1.35. The Balaban J connectivity index is 1.53. The number of esters is 1. The number of hydrogen-bond acceptors (Lipinski definition) is 7. The van der Waals surface area contributed by atoms with E-state index in [-0.39, 0.29) is 12.1 Å². The van der Waals surface area contributed by atoms with Crippen LogP contribution in [-0.4, -0.2) is 32.9 Å². The van der Waals surface area contributed by atoms with Crippen LogP contribution >= 0.6 is 11.5 Å². The predicted octanol–water partition coefficient (Wildman–Crippen LogP) is 2.95. The number of benzene rings is 2. The van der Waals surface area contributed by atoms with Crippen molar-refractivity contribution in [2.45, 2.75) is 6.54 Å². The highest BCUT2D eigenvalue weighted by Gasteiger charge is 2.15. The monoisotopic (exact) mass is 420 g/mol. The molecule has 2 heterocycles. The zero-order chi connectivity index (χ0) is 21.1. The first-order valence-electron chi connectivity index (χ1n) is 8.95. The third-order valence-corrected chi connectivity index (χ3v) is 5.22. The van der Waals surface area contributed by atoms with Crippen molar-refractivity contribution in [3.63, 3.8) is 0 Å². The number of hydrogen-bond donors (Lipinski definition) is 1. The Morgan fingerprint density at radius 3 is 2.53 bits per heavy atom. The molecule has 4 aromatic rings. The number of amides is 1. The van der Waals surface area contributed by atoms with Crippen molar-refractivity contribution < 1.29 is 14.3 Å². The minimum absolute atomic E-state index is 0.195. The van der Waals surface area contributed by atoms with Gasteiger partial charge in [0.25, 0.3) is 5.56 Å². The summed E-state index contributed by atoms with van der Waals surface area (Å²) in [6, 6.07) is 15.8. The lowest BCUT2D eigenvalue weighted by atomic mass is 10.1. The maximum Gasteiger partial charge on any atom is 0.337 e. The van der Waals surface area contributed by atoms with E-state index in [0.29, 0.717) is 27.2 Å². The number of rotatable bonds is 5. The van der Waals surface area contributed by atoms with Gasteiger partial charge in [-0.1, -0.05) is 30.3 Å². The SMILES string of the molecule is COC(=O)c1ccc(NC(=O)Cn2cnc3c(-c4ccccc4)nsc3c2=O)cc1. The van der Waals surface area contributed by atoms with Crippen LogP contribution in [0.3, 0.4) is 0 Å². The largest absolute Gasteiger partial charge is 0.465 e. The Morgan fingerprint density at radius 2 is 1.83 bits per heavy atom. The number of carbonyl (C=O) groups excluding carboxylic acids is 2. The number of carbonyl (C=O) groups is 2. The smallest absolute Gasteiger partial charge is 0.337 e. The minimum atomic E-state index is -0.460. The molecule has 0 saturated carbocycles. The summed E-state index contributed by atoms with van der Waals surface area (Å²) in [5, 5.41) is 2.69. The standard InChI is InChI=1S/C21H16N4O4S/c1-29-21(28)14-7-9-15(10-8-14)23-16(26)11-25-12-22-18-17(13-5-3-2-4-6-13)24-30-19(18)20(25)27/h2-10,12H,11H2,1H3,(H,23,26). The van der Waals surface area contributed by atoms with Crippen LogP contribution in [0, 0.1) is 0 Å². The van der Waals surface area contributed by atoms with E-state index in [1.807, 2.05) is 30.3 Å². The van der Waals surface area contributed by atoms with Gasteiger partial charge in [0, 0.05) is 11.3 Å². The van der Waals surface area contributed by atoms with Gasteiger partial charge < -0.3 is 10.1 Å². The number of nitrogens with one attached hydrogen (secondary N) is 1. The van der Waals surface area contributed by atoms with Gasteiger partial charge in [0.05, 0.1) is 19.0 Å². The van der Waals surface area contributed by atoms with Crippen LogP contribution in [0.25, 0.3) is 21.5 Å². The first-order valence-corrected chi connectivity index (χ1v) is 9.72. The highest BCUT2D eigenvalue weighted by molar-refractivity contribution is 7.13.